The molecule has 3 atom stereocenters. The van der Waals surface area contributed by atoms with E-state index in [9.17, 15) is 19.8 Å². The first kappa shape index (κ1) is 37.4. The third-order valence-electron chi connectivity index (χ3n) is 10.6. The monoisotopic (exact) mass is 710 g/mol. The van der Waals surface area contributed by atoms with Crippen LogP contribution in [0.4, 0.5) is 4.79 Å². The minimum absolute atomic E-state index is 0.00885. The number of nitrogens with one attached hydrogen (secondary N) is 3. The van der Waals surface area contributed by atoms with Crippen molar-refractivity contribution < 1.29 is 24.5 Å². The summed E-state index contributed by atoms with van der Waals surface area (Å²) in [4.78, 5) is 29.9. The first-order valence-electron chi connectivity index (χ1n) is 19.1. The Morgan fingerprint density at radius 1 is 0.923 bits per heavy atom. The topological polar surface area (TPSA) is 136 Å². The number of benzene rings is 3. The van der Waals surface area contributed by atoms with Gasteiger partial charge in [0, 0.05) is 24.5 Å². The van der Waals surface area contributed by atoms with Gasteiger partial charge in [0.25, 0.3) is 0 Å². The first-order chi connectivity index (χ1) is 25.3. The van der Waals surface area contributed by atoms with Crippen LogP contribution in [0.25, 0.3) is 10.9 Å². The van der Waals surface area contributed by atoms with E-state index < -0.39 is 6.10 Å². The molecule has 52 heavy (non-hydrogen) atoms. The van der Waals surface area contributed by atoms with Gasteiger partial charge >= 0.3 is 6.09 Å². The minimum atomic E-state index is -0.742. The molecule has 0 aliphatic carbocycles. The van der Waals surface area contributed by atoms with Crippen LogP contribution in [-0.2, 0) is 4.74 Å². The molecule has 0 radical (unpaired) electrons. The van der Waals surface area contributed by atoms with Gasteiger partial charge in [-0.25, -0.2) is 4.79 Å². The lowest BCUT2D eigenvalue weighted by Crippen LogP contribution is -2.52. The Morgan fingerprint density at radius 3 is 2.40 bits per heavy atom. The fraction of sp³-hybridized carbons (Fsp3) is 0.476. The number of aryl methyl sites for hydroxylation is 1. The SMILES string of the molecule is Cc1cccc(C(NC(=O)O[C@H]2CN3CCC2CC3)c2cccc(OCCCCCCCCCNC[C@@H](O)c3ccc(O)c4[nH]c(=O)ccc34)c2)c1. The van der Waals surface area contributed by atoms with Crippen LogP contribution in [0.1, 0.15) is 92.2 Å². The fourth-order valence-electron chi connectivity index (χ4n) is 7.65. The molecule has 1 aromatic heterocycles. The number of aromatic hydroxyl groups is 1. The van der Waals surface area contributed by atoms with Crippen LogP contribution in [0, 0.1) is 12.8 Å². The molecular formula is C42H54N4O6. The summed E-state index contributed by atoms with van der Waals surface area (Å²) in [6.45, 7) is 6.96. The van der Waals surface area contributed by atoms with E-state index in [4.69, 9.17) is 9.47 Å². The van der Waals surface area contributed by atoms with E-state index >= 15 is 0 Å². The minimum Gasteiger partial charge on any atom is -0.506 e. The molecule has 5 N–H and O–H groups in total. The number of amides is 1. The molecule has 3 fully saturated rings. The zero-order valence-electron chi connectivity index (χ0n) is 30.3. The van der Waals surface area contributed by atoms with Crippen molar-refractivity contribution >= 4 is 17.0 Å². The smallest absolute Gasteiger partial charge is 0.408 e. The predicted molar refractivity (Wildman–Crippen MR) is 204 cm³/mol. The summed E-state index contributed by atoms with van der Waals surface area (Å²) in [6.07, 6.45) is 8.78. The zero-order valence-corrected chi connectivity index (χ0v) is 30.3. The number of nitrogens with zero attached hydrogens (tertiary/aromatic N) is 1. The molecule has 1 amide bonds. The highest BCUT2D eigenvalue weighted by molar-refractivity contribution is 5.87. The fourth-order valence-corrected chi connectivity index (χ4v) is 7.65. The van der Waals surface area contributed by atoms with Gasteiger partial charge in [-0.3, -0.25) is 9.69 Å². The number of pyridine rings is 1. The van der Waals surface area contributed by atoms with Crippen LogP contribution < -0.4 is 20.9 Å². The van der Waals surface area contributed by atoms with E-state index in [0.29, 0.717) is 35.5 Å². The van der Waals surface area contributed by atoms with Crippen LogP contribution in [-0.4, -0.2) is 71.6 Å². The molecule has 278 valence electrons. The van der Waals surface area contributed by atoms with E-state index in [0.717, 1.165) is 93.6 Å². The van der Waals surface area contributed by atoms with Gasteiger partial charge in [-0.2, -0.15) is 0 Å². The van der Waals surface area contributed by atoms with Crippen LogP contribution in [0.5, 0.6) is 11.5 Å². The molecule has 4 heterocycles. The predicted octanol–water partition coefficient (Wildman–Crippen LogP) is 6.88. The van der Waals surface area contributed by atoms with Crippen LogP contribution >= 0.6 is 0 Å². The molecule has 3 aliphatic heterocycles. The molecule has 4 aromatic rings. The molecule has 3 aromatic carbocycles. The maximum Gasteiger partial charge on any atom is 0.408 e. The highest BCUT2D eigenvalue weighted by Gasteiger charge is 2.37. The Morgan fingerprint density at radius 2 is 1.65 bits per heavy atom. The number of alkyl carbamates (subject to hydrolysis) is 1. The van der Waals surface area contributed by atoms with E-state index in [1.165, 1.54) is 25.0 Å². The molecule has 0 spiro atoms. The third kappa shape index (κ3) is 10.1. The summed E-state index contributed by atoms with van der Waals surface area (Å²) in [7, 11) is 0. The van der Waals surface area contributed by atoms with Crippen molar-refractivity contribution in [3.63, 3.8) is 0 Å². The number of phenolic OH excluding ortho intramolecular Hbond substituents is 1. The lowest BCUT2D eigenvalue weighted by Gasteiger charge is -2.43. The van der Waals surface area contributed by atoms with E-state index in [1.54, 1.807) is 12.1 Å². The van der Waals surface area contributed by atoms with Gasteiger partial charge in [-0.15, -0.1) is 0 Å². The molecule has 3 aliphatic rings. The molecule has 7 rings (SSSR count). The van der Waals surface area contributed by atoms with Gasteiger partial charge in [0.05, 0.1) is 24.3 Å². The summed E-state index contributed by atoms with van der Waals surface area (Å²) in [6, 6.07) is 22.2. The molecule has 10 nitrogen and oxygen atoms in total. The van der Waals surface area contributed by atoms with Crippen LogP contribution in [0.15, 0.2) is 77.6 Å². The summed E-state index contributed by atoms with van der Waals surface area (Å²) >= 11 is 0. The van der Waals surface area contributed by atoms with E-state index in [1.807, 2.05) is 36.4 Å². The number of aliphatic hydroxyl groups excluding tert-OH is 1. The molecule has 2 bridgehead atoms. The number of aromatic nitrogens is 1. The molecule has 3 saturated heterocycles. The maximum absolute atomic E-state index is 13.2. The summed E-state index contributed by atoms with van der Waals surface area (Å²) in [5.41, 5.74) is 3.84. The second-order valence-corrected chi connectivity index (χ2v) is 14.5. The Balaban J connectivity index is 0.873. The van der Waals surface area contributed by atoms with Gasteiger partial charge in [-0.05, 0) is 99.1 Å². The number of H-pyrrole nitrogens is 1. The molecule has 0 saturated carbocycles. The van der Waals surface area contributed by atoms with E-state index in [2.05, 4.69) is 39.6 Å². The number of rotatable bonds is 18. The second-order valence-electron chi connectivity index (χ2n) is 14.5. The summed E-state index contributed by atoms with van der Waals surface area (Å²) in [5, 5.41) is 27.9. The number of carbonyl (C=O) groups excluding carboxylic acids is 1. The van der Waals surface area contributed by atoms with Crippen molar-refractivity contribution in [1.82, 2.24) is 20.5 Å². The Hall–Kier alpha value is -4.38. The molecular weight excluding hydrogens is 656 g/mol. The average molecular weight is 711 g/mol. The first-order valence-corrected chi connectivity index (χ1v) is 19.1. The third-order valence-corrected chi connectivity index (χ3v) is 10.6. The standard InChI is InChI=1S/C42H54N4O6/c1-29-11-9-12-31(25-29)40(45-42(50)52-38-28-46-22-19-30(38)20-23-46)32-13-10-14-33(26-32)51-24-8-6-4-2-3-5-7-21-43-27-37(48)34-15-17-36(47)41-35(34)16-18-39(49)44-41/h9-18,25-26,30,37-38,40,43,47-48H,2-8,19-24,27-28H2,1H3,(H,44,49)(H,45,50)/t37-,38+,40?/m1/s1. The van der Waals surface area contributed by atoms with Gasteiger partial charge < -0.3 is 35.3 Å². The average Bonchev–Trinajstić information content (AvgIpc) is 3.15. The van der Waals surface area contributed by atoms with E-state index in [-0.39, 0.29) is 29.5 Å². The lowest BCUT2D eigenvalue weighted by atomic mass is 9.86. The largest absolute Gasteiger partial charge is 0.506 e. The highest BCUT2D eigenvalue weighted by Crippen LogP contribution is 2.31. The van der Waals surface area contributed by atoms with Gasteiger partial charge in [0.1, 0.15) is 17.6 Å². The number of hydrogen-bond donors (Lipinski definition) is 5. The number of aliphatic hydroxyl groups is 1. The molecule has 1 unspecified atom stereocenters. The number of piperidine rings is 3. The number of aromatic amines is 1. The van der Waals surface area contributed by atoms with Crippen molar-refractivity contribution in [1.29, 1.82) is 0 Å². The number of carbonyl (C=O) groups is 1. The van der Waals surface area contributed by atoms with Gasteiger partial charge in [0.2, 0.25) is 5.56 Å². The van der Waals surface area contributed by atoms with Gasteiger partial charge in [0.15, 0.2) is 0 Å². The van der Waals surface area contributed by atoms with Crippen molar-refractivity contribution in [2.45, 2.75) is 83.0 Å². The summed E-state index contributed by atoms with van der Waals surface area (Å²) in [5.74, 6) is 1.25. The van der Waals surface area contributed by atoms with Crippen LogP contribution in [0.3, 0.4) is 0 Å². The number of phenols is 1. The number of ether oxygens (including phenoxy) is 2. The Bertz CT molecular complexity index is 1820. The van der Waals surface area contributed by atoms with Crippen molar-refractivity contribution in [3.8, 4) is 11.5 Å². The highest BCUT2D eigenvalue weighted by atomic mass is 16.6. The van der Waals surface area contributed by atoms with Crippen molar-refractivity contribution in [3.05, 3.63) is 105 Å². The van der Waals surface area contributed by atoms with Crippen LogP contribution in [0.2, 0.25) is 0 Å². The number of fused-ring (bicyclic) bond motifs is 4. The Kier molecular flexibility index (Phi) is 13.2. The quantitative estimate of drug-likeness (QED) is 0.0706. The number of unbranched alkanes of at least 4 members (excludes halogenated alkanes) is 6. The zero-order chi connectivity index (χ0) is 36.3. The molecule has 10 heteroatoms. The maximum atomic E-state index is 13.2. The Labute approximate surface area is 306 Å². The summed E-state index contributed by atoms with van der Waals surface area (Å²) < 4.78 is 12.2. The second kappa shape index (κ2) is 18.4. The lowest BCUT2D eigenvalue weighted by molar-refractivity contribution is -0.0336. The number of hydrogen-bond acceptors (Lipinski definition) is 8. The van der Waals surface area contributed by atoms with Gasteiger partial charge in [-0.1, -0.05) is 80.1 Å². The van der Waals surface area contributed by atoms with Crippen molar-refractivity contribution in [2.75, 3.05) is 39.3 Å². The van der Waals surface area contributed by atoms with Crippen molar-refractivity contribution in [2.24, 2.45) is 5.92 Å². The normalized spacial score (nSPS) is 19.3.